The Kier molecular flexibility index (Phi) is 3.35. The van der Waals surface area contributed by atoms with Crippen LogP contribution >= 0.6 is 0 Å². The fraction of sp³-hybridized carbons (Fsp3) is 0.100. The van der Waals surface area contributed by atoms with Crippen LogP contribution in [-0.4, -0.2) is 0 Å². The van der Waals surface area contributed by atoms with Crippen molar-refractivity contribution in [2.75, 3.05) is 5.73 Å². The van der Waals surface area contributed by atoms with Crippen LogP contribution in [0.1, 0.15) is 16.7 Å². The van der Waals surface area contributed by atoms with Crippen molar-refractivity contribution in [1.82, 2.24) is 0 Å². The van der Waals surface area contributed by atoms with E-state index in [-0.39, 0.29) is 16.8 Å². The standard InChI is InChI=1S/C20H13F4N/c21-18-8-5-12(25)10-16(18)19-15-9-11-3-1-2-4-13(11)14(15)6-7-17(19)20(22,23)24/h1-8,10H,9,25H2. The summed E-state index contributed by atoms with van der Waals surface area (Å²) in [5.74, 6) is -0.718. The Morgan fingerprint density at radius 2 is 1.60 bits per heavy atom. The van der Waals surface area contributed by atoms with E-state index < -0.39 is 17.6 Å². The van der Waals surface area contributed by atoms with E-state index in [0.717, 1.165) is 23.3 Å². The van der Waals surface area contributed by atoms with Crippen molar-refractivity contribution < 1.29 is 17.6 Å². The van der Waals surface area contributed by atoms with Gasteiger partial charge in [0.05, 0.1) is 5.56 Å². The van der Waals surface area contributed by atoms with Crippen molar-refractivity contribution in [2.24, 2.45) is 0 Å². The maximum atomic E-state index is 14.4. The van der Waals surface area contributed by atoms with Gasteiger partial charge in [-0.25, -0.2) is 4.39 Å². The van der Waals surface area contributed by atoms with Crippen LogP contribution in [0.3, 0.4) is 0 Å². The van der Waals surface area contributed by atoms with Crippen LogP contribution in [0.25, 0.3) is 22.3 Å². The highest BCUT2D eigenvalue weighted by molar-refractivity contribution is 5.87. The lowest BCUT2D eigenvalue weighted by atomic mass is 9.90. The molecule has 2 N–H and O–H groups in total. The number of hydrogen-bond donors (Lipinski definition) is 1. The summed E-state index contributed by atoms with van der Waals surface area (Å²) in [5.41, 5.74) is 7.86. The third-order valence-electron chi connectivity index (χ3n) is 4.55. The van der Waals surface area contributed by atoms with Crippen LogP contribution in [0.15, 0.2) is 54.6 Å². The number of benzene rings is 3. The van der Waals surface area contributed by atoms with Gasteiger partial charge in [-0.3, -0.25) is 0 Å². The Labute approximate surface area is 141 Å². The molecule has 126 valence electrons. The summed E-state index contributed by atoms with van der Waals surface area (Å²) < 4.78 is 55.2. The zero-order chi connectivity index (χ0) is 17.8. The summed E-state index contributed by atoms with van der Waals surface area (Å²) in [7, 11) is 0. The van der Waals surface area contributed by atoms with E-state index in [9.17, 15) is 17.6 Å². The van der Waals surface area contributed by atoms with E-state index in [1.165, 1.54) is 18.2 Å². The Hall–Kier alpha value is -2.82. The molecule has 0 amide bonds. The molecule has 0 fully saturated rings. The monoisotopic (exact) mass is 343 g/mol. The number of halogens is 4. The normalized spacial score (nSPS) is 12.8. The summed E-state index contributed by atoms with van der Waals surface area (Å²) in [6, 6.07) is 13.6. The summed E-state index contributed by atoms with van der Waals surface area (Å²) in [6.07, 6.45) is -4.25. The van der Waals surface area contributed by atoms with Crippen molar-refractivity contribution in [3.63, 3.8) is 0 Å². The lowest BCUT2D eigenvalue weighted by molar-refractivity contribution is -0.137. The van der Waals surface area contributed by atoms with E-state index in [1.54, 1.807) is 0 Å². The third-order valence-corrected chi connectivity index (χ3v) is 4.55. The number of nitrogen functional groups attached to an aromatic ring is 1. The van der Waals surface area contributed by atoms with Crippen LogP contribution in [0.4, 0.5) is 23.2 Å². The minimum absolute atomic E-state index is 0.114. The predicted molar refractivity (Wildman–Crippen MR) is 89.5 cm³/mol. The first kappa shape index (κ1) is 15.7. The molecule has 4 rings (SSSR count). The van der Waals surface area contributed by atoms with Crippen molar-refractivity contribution in [3.05, 3.63) is 77.1 Å². The quantitative estimate of drug-likeness (QED) is 0.350. The molecule has 0 radical (unpaired) electrons. The van der Waals surface area contributed by atoms with Gasteiger partial charge in [-0.1, -0.05) is 30.3 Å². The van der Waals surface area contributed by atoms with Crippen LogP contribution in [0.2, 0.25) is 0 Å². The molecule has 1 aliphatic carbocycles. The lowest BCUT2D eigenvalue weighted by Gasteiger charge is -2.18. The molecule has 0 aliphatic heterocycles. The van der Waals surface area contributed by atoms with E-state index in [0.29, 0.717) is 17.5 Å². The molecule has 0 bridgehead atoms. The zero-order valence-corrected chi connectivity index (χ0v) is 13.0. The summed E-state index contributed by atoms with van der Waals surface area (Å²) in [5, 5.41) is 0. The number of hydrogen-bond acceptors (Lipinski definition) is 1. The van der Waals surface area contributed by atoms with Crippen molar-refractivity contribution in [3.8, 4) is 22.3 Å². The van der Waals surface area contributed by atoms with Gasteiger partial charge in [-0.2, -0.15) is 13.2 Å². The van der Waals surface area contributed by atoms with Gasteiger partial charge in [0.25, 0.3) is 0 Å². The van der Waals surface area contributed by atoms with Crippen molar-refractivity contribution in [1.29, 1.82) is 0 Å². The molecule has 5 heteroatoms. The molecule has 0 heterocycles. The molecule has 0 saturated heterocycles. The number of alkyl halides is 3. The van der Waals surface area contributed by atoms with Crippen LogP contribution < -0.4 is 5.73 Å². The Bertz CT molecular complexity index is 989. The van der Waals surface area contributed by atoms with Crippen LogP contribution in [0.5, 0.6) is 0 Å². The summed E-state index contributed by atoms with van der Waals surface area (Å²) in [4.78, 5) is 0. The predicted octanol–water partition coefficient (Wildman–Crippen LogP) is 5.66. The maximum Gasteiger partial charge on any atom is 0.417 e. The second-order valence-corrected chi connectivity index (χ2v) is 6.09. The largest absolute Gasteiger partial charge is 0.417 e. The molecule has 0 atom stereocenters. The second kappa shape index (κ2) is 5.34. The Morgan fingerprint density at radius 1 is 0.840 bits per heavy atom. The summed E-state index contributed by atoms with van der Waals surface area (Å²) >= 11 is 0. The molecule has 0 spiro atoms. The fourth-order valence-electron chi connectivity index (χ4n) is 3.49. The molecule has 0 saturated carbocycles. The highest BCUT2D eigenvalue weighted by atomic mass is 19.4. The molecule has 25 heavy (non-hydrogen) atoms. The topological polar surface area (TPSA) is 26.0 Å². The van der Waals surface area contributed by atoms with Gasteiger partial charge in [0.15, 0.2) is 0 Å². The van der Waals surface area contributed by atoms with Crippen molar-refractivity contribution >= 4 is 5.69 Å². The van der Waals surface area contributed by atoms with Gasteiger partial charge in [-0.05, 0) is 52.9 Å². The first-order valence-electron chi connectivity index (χ1n) is 7.73. The lowest BCUT2D eigenvalue weighted by Crippen LogP contribution is -2.10. The van der Waals surface area contributed by atoms with Gasteiger partial charge in [0, 0.05) is 16.8 Å². The van der Waals surface area contributed by atoms with Crippen LogP contribution in [0, 0.1) is 5.82 Å². The fourth-order valence-corrected chi connectivity index (χ4v) is 3.49. The smallest absolute Gasteiger partial charge is 0.399 e. The number of fused-ring (bicyclic) bond motifs is 3. The first-order valence-corrected chi connectivity index (χ1v) is 7.73. The van der Waals surface area contributed by atoms with Gasteiger partial charge in [0.1, 0.15) is 5.82 Å². The van der Waals surface area contributed by atoms with Gasteiger partial charge in [-0.15, -0.1) is 0 Å². The summed E-state index contributed by atoms with van der Waals surface area (Å²) in [6.45, 7) is 0. The first-order chi connectivity index (χ1) is 11.9. The second-order valence-electron chi connectivity index (χ2n) is 6.09. The average molecular weight is 343 g/mol. The molecular weight excluding hydrogens is 330 g/mol. The van der Waals surface area contributed by atoms with E-state index in [4.69, 9.17) is 5.73 Å². The van der Waals surface area contributed by atoms with Gasteiger partial charge >= 0.3 is 6.18 Å². The maximum absolute atomic E-state index is 14.4. The number of rotatable bonds is 1. The molecule has 1 nitrogen and oxygen atoms in total. The molecule has 3 aromatic carbocycles. The van der Waals surface area contributed by atoms with Gasteiger partial charge < -0.3 is 5.73 Å². The average Bonchev–Trinajstić information content (AvgIpc) is 2.94. The van der Waals surface area contributed by atoms with Crippen LogP contribution in [-0.2, 0) is 12.6 Å². The van der Waals surface area contributed by atoms with E-state index in [2.05, 4.69) is 0 Å². The van der Waals surface area contributed by atoms with Gasteiger partial charge in [0.2, 0.25) is 0 Å². The highest BCUT2D eigenvalue weighted by Gasteiger charge is 2.37. The Balaban J connectivity index is 2.07. The number of nitrogens with two attached hydrogens (primary N) is 1. The minimum Gasteiger partial charge on any atom is -0.399 e. The zero-order valence-electron chi connectivity index (χ0n) is 13.0. The molecule has 1 aliphatic rings. The van der Waals surface area contributed by atoms with Crippen molar-refractivity contribution in [2.45, 2.75) is 12.6 Å². The highest BCUT2D eigenvalue weighted by Crippen LogP contribution is 2.47. The molecular formula is C20H13F4N. The Morgan fingerprint density at radius 3 is 2.36 bits per heavy atom. The third kappa shape index (κ3) is 2.47. The molecule has 3 aromatic rings. The molecule has 0 unspecified atom stereocenters. The molecule has 0 aromatic heterocycles. The number of anilines is 1. The van der Waals surface area contributed by atoms with E-state index >= 15 is 0 Å². The van der Waals surface area contributed by atoms with E-state index in [1.807, 2.05) is 24.3 Å². The minimum atomic E-state index is -4.59. The SMILES string of the molecule is Nc1ccc(F)c(-c2c(C(F)(F)F)ccc3c2Cc2ccccc2-3)c1.